The van der Waals surface area contributed by atoms with Gasteiger partial charge >= 0.3 is 17.9 Å². The van der Waals surface area contributed by atoms with Gasteiger partial charge in [0, 0.05) is 23.0 Å². The number of thioether (sulfide) groups is 2. The van der Waals surface area contributed by atoms with Crippen molar-refractivity contribution in [3.8, 4) is 0 Å². The van der Waals surface area contributed by atoms with Gasteiger partial charge in [0.1, 0.15) is 22.1 Å². The van der Waals surface area contributed by atoms with Crippen molar-refractivity contribution in [2.24, 2.45) is 5.41 Å². The van der Waals surface area contributed by atoms with E-state index in [1.807, 2.05) is 6.92 Å². The highest BCUT2D eigenvalue weighted by atomic mass is 32.2. The highest BCUT2D eigenvalue weighted by Gasteiger charge is 2.54. The van der Waals surface area contributed by atoms with Crippen LogP contribution in [0, 0.1) is 12.3 Å². The number of aliphatic carboxylic acids is 1. The molecule has 1 saturated heterocycles. The number of β-lactam (4-membered cyclic amide) rings is 1. The van der Waals surface area contributed by atoms with Crippen molar-refractivity contribution in [2.45, 2.75) is 43.5 Å². The summed E-state index contributed by atoms with van der Waals surface area (Å²) in [4.78, 5) is 68.3. The summed E-state index contributed by atoms with van der Waals surface area (Å²) in [6, 6.07) is -1.06. The Labute approximate surface area is 256 Å². The average molecular weight is 655 g/mol. The smallest absolute Gasteiger partial charge is 0.357 e. The van der Waals surface area contributed by atoms with Crippen LogP contribution in [0.25, 0.3) is 5.57 Å². The Kier molecular flexibility index (Phi) is 9.59. The van der Waals surface area contributed by atoms with Crippen LogP contribution in [0.4, 0.5) is 5.13 Å². The number of anilines is 1. The molecule has 0 bridgehead atoms. The van der Waals surface area contributed by atoms with Gasteiger partial charge in [0.05, 0.1) is 16.7 Å². The quantitative estimate of drug-likeness (QED) is 0.110. The number of esters is 2. The Morgan fingerprint density at radius 2 is 2.00 bits per heavy atom. The molecule has 2 aromatic rings. The van der Waals surface area contributed by atoms with Crippen molar-refractivity contribution in [3.63, 3.8) is 0 Å². The molecule has 2 unspecified atom stereocenters. The molecule has 42 heavy (non-hydrogen) atoms. The van der Waals surface area contributed by atoms with Gasteiger partial charge in [-0.25, -0.2) is 14.6 Å². The summed E-state index contributed by atoms with van der Waals surface area (Å²) in [5.74, 6) is -3.63. The maximum atomic E-state index is 13.3. The Bertz CT molecular complexity index is 1490. The van der Waals surface area contributed by atoms with E-state index >= 15 is 0 Å². The number of nitrogens with one attached hydrogen (secondary N) is 1. The average Bonchev–Trinajstić information content (AvgIpc) is 3.54. The number of thiazole rings is 1. The number of carbonyl (C=O) groups excluding carboxylic acids is 4. The van der Waals surface area contributed by atoms with E-state index in [0.29, 0.717) is 27.5 Å². The predicted octanol–water partition coefficient (Wildman–Crippen LogP) is 1.89. The van der Waals surface area contributed by atoms with E-state index in [2.05, 4.69) is 20.5 Å². The Morgan fingerprint density at radius 1 is 1.26 bits per heavy atom. The fourth-order valence-corrected chi connectivity index (χ4v) is 7.56. The maximum absolute atomic E-state index is 13.3. The number of nitrogens with two attached hydrogens (primary N) is 1. The molecule has 18 heteroatoms. The highest BCUT2D eigenvalue weighted by molar-refractivity contribution is 8.01. The van der Waals surface area contributed by atoms with Crippen LogP contribution in [0.2, 0.25) is 0 Å². The number of fused-ring (bicyclic) bond motifs is 1. The van der Waals surface area contributed by atoms with Crippen LogP contribution in [-0.2, 0) is 33.4 Å². The lowest BCUT2D eigenvalue weighted by Crippen LogP contribution is -2.70. The number of nitrogen functional groups attached to an aromatic ring is 1. The van der Waals surface area contributed by atoms with E-state index in [-0.39, 0.29) is 22.1 Å². The summed E-state index contributed by atoms with van der Waals surface area (Å²) in [7, 11) is 0. The topological polar surface area (TPSA) is 204 Å². The second-order valence-corrected chi connectivity index (χ2v) is 14.3. The van der Waals surface area contributed by atoms with Crippen LogP contribution in [0.15, 0.2) is 27.1 Å². The molecule has 1 fully saturated rings. The summed E-state index contributed by atoms with van der Waals surface area (Å²) < 4.78 is 11.0. The zero-order chi connectivity index (χ0) is 30.8. The van der Waals surface area contributed by atoms with Gasteiger partial charge in [-0.05, 0) is 33.3 Å². The number of ether oxygens (including phenoxy) is 2. The SMILES string of the molecule is Cc1nnc(SCC2=C(C(=O)OCOC(=O)C(C)(C)C)N3C(=O)C(NC(=O)/C(=C/C(=O)O)c4csc(N)n4)C3SC2)s1. The normalized spacial score (nSPS) is 18.7. The number of aryl methyl sites for hydroxylation is 1. The molecule has 4 heterocycles. The van der Waals surface area contributed by atoms with Crippen molar-refractivity contribution < 1.29 is 38.6 Å². The van der Waals surface area contributed by atoms with E-state index < -0.39 is 53.3 Å². The third kappa shape index (κ3) is 7.11. The van der Waals surface area contributed by atoms with Gasteiger partial charge in [-0.15, -0.1) is 33.3 Å². The molecular formula is C24H26N6O8S4. The van der Waals surface area contributed by atoms with E-state index in [1.54, 1.807) is 20.8 Å². The summed E-state index contributed by atoms with van der Waals surface area (Å²) >= 11 is 5.07. The zero-order valence-corrected chi connectivity index (χ0v) is 26.0. The minimum absolute atomic E-state index is 0.0108. The fraction of sp³-hybridized carbons (Fsp3) is 0.417. The number of nitrogens with zero attached hydrogens (tertiary/aromatic N) is 4. The molecule has 2 amide bonds. The lowest BCUT2D eigenvalue weighted by molar-refractivity contribution is -0.173. The van der Waals surface area contributed by atoms with Gasteiger partial charge < -0.3 is 25.6 Å². The van der Waals surface area contributed by atoms with Crippen LogP contribution in [0.3, 0.4) is 0 Å². The molecule has 4 rings (SSSR count). The Balaban J connectivity index is 1.53. The van der Waals surface area contributed by atoms with E-state index in [9.17, 15) is 29.1 Å². The molecule has 2 aliphatic heterocycles. The number of rotatable bonds is 10. The van der Waals surface area contributed by atoms with Gasteiger partial charge in [0.25, 0.3) is 11.8 Å². The second kappa shape index (κ2) is 12.8. The maximum Gasteiger partial charge on any atom is 0.357 e. The van der Waals surface area contributed by atoms with Crippen molar-refractivity contribution >= 4 is 86.6 Å². The molecule has 0 saturated carbocycles. The first kappa shape index (κ1) is 31.5. The van der Waals surface area contributed by atoms with Crippen LogP contribution in [0.5, 0.6) is 0 Å². The third-order valence-electron chi connectivity index (χ3n) is 5.71. The first-order valence-electron chi connectivity index (χ1n) is 12.2. The monoisotopic (exact) mass is 654 g/mol. The molecule has 0 radical (unpaired) electrons. The largest absolute Gasteiger partial charge is 0.478 e. The summed E-state index contributed by atoms with van der Waals surface area (Å²) in [6.45, 7) is 6.13. The molecule has 2 atom stereocenters. The number of hydrogen-bond acceptors (Lipinski definition) is 15. The van der Waals surface area contributed by atoms with Crippen molar-refractivity contribution in [1.82, 2.24) is 25.4 Å². The van der Waals surface area contributed by atoms with Crippen LogP contribution >= 0.6 is 46.2 Å². The highest BCUT2D eigenvalue weighted by Crippen LogP contribution is 2.42. The second-order valence-electron chi connectivity index (χ2n) is 9.89. The van der Waals surface area contributed by atoms with E-state index in [1.165, 1.54) is 45.1 Å². The molecular weight excluding hydrogens is 629 g/mol. The predicted molar refractivity (Wildman–Crippen MR) is 156 cm³/mol. The van der Waals surface area contributed by atoms with E-state index in [4.69, 9.17) is 15.2 Å². The molecule has 0 aromatic carbocycles. The van der Waals surface area contributed by atoms with Gasteiger partial charge in [-0.1, -0.05) is 23.1 Å². The number of aromatic nitrogens is 3. The number of carboxylic acids is 1. The van der Waals surface area contributed by atoms with Gasteiger partial charge in [-0.3, -0.25) is 19.3 Å². The van der Waals surface area contributed by atoms with Crippen LogP contribution in [-0.4, -0.2) is 84.6 Å². The summed E-state index contributed by atoms with van der Waals surface area (Å²) in [5, 5.41) is 21.6. The van der Waals surface area contributed by atoms with Gasteiger partial charge in [-0.2, -0.15) is 0 Å². The Hall–Kier alpha value is -3.48. The first-order valence-corrected chi connectivity index (χ1v) is 15.9. The van der Waals surface area contributed by atoms with Gasteiger partial charge in [0.15, 0.2) is 9.47 Å². The molecule has 14 nitrogen and oxygen atoms in total. The molecule has 224 valence electrons. The summed E-state index contributed by atoms with van der Waals surface area (Å²) in [6.07, 6.45) is 0.685. The van der Waals surface area contributed by atoms with E-state index in [0.717, 1.165) is 16.3 Å². The number of hydrogen-bond donors (Lipinski definition) is 3. The first-order chi connectivity index (χ1) is 19.8. The lowest BCUT2D eigenvalue weighted by Gasteiger charge is -2.49. The minimum Gasteiger partial charge on any atom is -0.478 e. The minimum atomic E-state index is -1.38. The molecule has 2 aromatic heterocycles. The van der Waals surface area contributed by atoms with Gasteiger partial charge in [0.2, 0.25) is 6.79 Å². The molecule has 2 aliphatic rings. The molecule has 4 N–H and O–H groups in total. The summed E-state index contributed by atoms with van der Waals surface area (Å²) in [5.41, 5.74) is 5.18. The number of amides is 2. The van der Waals surface area contributed by atoms with Crippen molar-refractivity contribution in [1.29, 1.82) is 0 Å². The fourth-order valence-electron chi connectivity index (χ4n) is 3.70. The standard InChI is InChI=1S/C24H26N6O8S4/c1-10-28-29-23(42-10)41-7-11-6-39-19-15(27-17(33)12(5-14(31)32)13-8-40-22(25)26-13)18(34)30(19)16(11)20(35)37-9-38-21(36)24(2,3)4/h5,8,15,19H,6-7,9H2,1-4H3,(H2,25,26)(H,27,33)(H,31,32)/b12-5+. The Morgan fingerprint density at radius 3 is 2.60 bits per heavy atom. The number of carboxylic acid groups (broad SMARTS) is 1. The van der Waals surface area contributed by atoms with Crippen molar-refractivity contribution in [3.05, 3.63) is 33.4 Å². The van der Waals surface area contributed by atoms with Crippen molar-refractivity contribution in [2.75, 3.05) is 24.0 Å². The molecule has 0 spiro atoms. The third-order valence-corrected chi connectivity index (χ3v) is 9.78. The number of carbonyl (C=O) groups is 5. The zero-order valence-electron chi connectivity index (χ0n) is 22.7. The lowest BCUT2D eigenvalue weighted by atomic mass is 9.98. The van der Waals surface area contributed by atoms with Crippen LogP contribution < -0.4 is 11.1 Å². The van der Waals surface area contributed by atoms with Crippen LogP contribution in [0.1, 0.15) is 31.5 Å². The molecule has 0 aliphatic carbocycles.